The van der Waals surface area contributed by atoms with Crippen molar-refractivity contribution in [2.45, 2.75) is 6.92 Å². The molecule has 0 nitrogen and oxygen atoms in total. The van der Waals surface area contributed by atoms with E-state index >= 15 is 0 Å². The Morgan fingerprint density at radius 3 is 2.56 bits per heavy atom. The predicted molar refractivity (Wildman–Crippen MR) is 46.7 cm³/mol. The van der Waals surface area contributed by atoms with Crippen LogP contribution in [0.15, 0.2) is 0 Å². The first-order valence-electron chi connectivity index (χ1n) is 3.01. The van der Waals surface area contributed by atoms with Gasteiger partial charge in [-0.2, -0.15) is 0 Å². The molecule has 0 amide bonds. The van der Waals surface area contributed by atoms with E-state index in [1.54, 1.807) is 0 Å². The van der Waals surface area contributed by atoms with E-state index in [0.29, 0.717) is 5.92 Å². The molecule has 0 bridgehead atoms. The molecule has 1 rings (SSSR count). The van der Waals surface area contributed by atoms with Crippen molar-refractivity contribution in [1.82, 2.24) is 0 Å². The van der Waals surface area contributed by atoms with Crippen molar-refractivity contribution in [3.63, 3.8) is 0 Å². The summed E-state index contributed by atoms with van der Waals surface area (Å²) in [7, 11) is 0. The molecule has 0 radical (unpaired) electrons. The molecule has 0 N–H and O–H groups in total. The summed E-state index contributed by atoms with van der Waals surface area (Å²) in [6, 6.07) is 0. The quantitative estimate of drug-likeness (QED) is 0.495. The molecule has 50 valence electrons. The Bertz CT molecular complexity index is 126. The summed E-state index contributed by atoms with van der Waals surface area (Å²) in [5.41, 5.74) is 0. The number of hydrogen-bond donors (Lipinski definition) is 0. The lowest BCUT2D eigenvalue weighted by atomic mass is 10.2. The standard InChI is InChI=1S/C7H10S2/c1-2-3-7-4-8-6-9-5-7/h7H,4-6H2,1H3. The van der Waals surface area contributed by atoms with Gasteiger partial charge in [-0.1, -0.05) is 5.92 Å². The van der Waals surface area contributed by atoms with E-state index in [2.05, 4.69) is 11.8 Å². The molecule has 1 heterocycles. The zero-order valence-corrected chi connectivity index (χ0v) is 7.15. The maximum absolute atomic E-state index is 3.19. The summed E-state index contributed by atoms with van der Waals surface area (Å²) in [5.74, 6) is 9.31. The highest BCUT2D eigenvalue weighted by Gasteiger charge is 2.09. The van der Waals surface area contributed by atoms with Gasteiger partial charge in [0.05, 0.1) is 0 Å². The second-order valence-corrected chi connectivity index (χ2v) is 4.38. The molecule has 2 heteroatoms. The van der Waals surface area contributed by atoms with Crippen molar-refractivity contribution in [2.24, 2.45) is 5.92 Å². The molecular weight excluding hydrogens is 148 g/mol. The van der Waals surface area contributed by atoms with Crippen LogP contribution in [-0.2, 0) is 0 Å². The summed E-state index contributed by atoms with van der Waals surface area (Å²) in [5, 5.41) is 1.27. The maximum atomic E-state index is 3.19. The highest BCUT2D eigenvalue weighted by Crippen LogP contribution is 2.24. The topological polar surface area (TPSA) is 0 Å². The monoisotopic (exact) mass is 158 g/mol. The summed E-state index contributed by atoms with van der Waals surface area (Å²) in [4.78, 5) is 0. The molecular formula is C7H10S2. The Balaban J connectivity index is 2.28. The molecule has 0 saturated carbocycles. The van der Waals surface area contributed by atoms with Crippen LogP contribution in [0, 0.1) is 17.8 Å². The van der Waals surface area contributed by atoms with Crippen molar-refractivity contribution >= 4 is 23.5 Å². The highest BCUT2D eigenvalue weighted by molar-refractivity contribution is 8.16. The Morgan fingerprint density at radius 2 is 2.00 bits per heavy atom. The number of rotatable bonds is 0. The number of hydrogen-bond acceptors (Lipinski definition) is 2. The third-order valence-corrected chi connectivity index (χ3v) is 3.76. The van der Waals surface area contributed by atoms with Gasteiger partial charge < -0.3 is 0 Å². The molecule has 1 aliphatic rings. The fourth-order valence-electron chi connectivity index (χ4n) is 0.775. The molecule has 0 atom stereocenters. The maximum Gasteiger partial charge on any atom is 0.0392 e. The Kier molecular flexibility index (Phi) is 3.39. The Hall–Kier alpha value is 0.260. The average molecular weight is 158 g/mol. The van der Waals surface area contributed by atoms with Crippen LogP contribution in [0.1, 0.15) is 6.92 Å². The zero-order chi connectivity index (χ0) is 6.53. The van der Waals surface area contributed by atoms with E-state index in [0.717, 1.165) is 0 Å². The predicted octanol–water partition coefficient (Wildman–Crippen LogP) is 2.06. The molecule has 0 aromatic carbocycles. The summed E-state index contributed by atoms with van der Waals surface area (Å²) < 4.78 is 0. The molecule has 0 aromatic rings. The summed E-state index contributed by atoms with van der Waals surface area (Å²) >= 11 is 4.01. The van der Waals surface area contributed by atoms with Crippen LogP contribution in [0.5, 0.6) is 0 Å². The van der Waals surface area contributed by atoms with E-state index in [1.165, 1.54) is 16.6 Å². The Labute approximate surface area is 65.2 Å². The van der Waals surface area contributed by atoms with Crippen molar-refractivity contribution in [2.75, 3.05) is 16.6 Å². The van der Waals surface area contributed by atoms with Crippen LogP contribution in [0.2, 0.25) is 0 Å². The number of thioether (sulfide) groups is 2. The van der Waals surface area contributed by atoms with Crippen LogP contribution in [0.25, 0.3) is 0 Å². The first-order valence-corrected chi connectivity index (χ1v) is 5.32. The first kappa shape index (κ1) is 7.37. The Morgan fingerprint density at radius 1 is 1.33 bits per heavy atom. The molecule has 0 spiro atoms. The van der Waals surface area contributed by atoms with Gasteiger partial charge in [-0.15, -0.1) is 29.4 Å². The van der Waals surface area contributed by atoms with Crippen molar-refractivity contribution in [3.8, 4) is 11.8 Å². The van der Waals surface area contributed by atoms with Gasteiger partial charge >= 0.3 is 0 Å². The van der Waals surface area contributed by atoms with Crippen LogP contribution in [0.4, 0.5) is 0 Å². The summed E-state index contributed by atoms with van der Waals surface area (Å²) in [6.07, 6.45) is 0. The van der Waals surface area contributed by atoms with E-state index in [1.807, 2.05) is 30.4 Å². The third kappa shape index (κ3) is 2.55. The molecule has 1 saturated heterocycles. The lowest BCUT2D eigenvalue weighted by molar-refractivity contribution is 0.894. The minimum atomic E-state index is 0.666. The molecule has 9 heavy (non-hydrogen) atoms. The van der Waals surface area contributed by atoms with Gasteiger partial charge in [0.15, 0.2) is 0 Å². The lowest BCUT2D eigenvalue weighted by Gasteiger charge is -2.14. The van der Waals surface area contributed by atoms with E-state index in [-0.39, 0.29) is 0 Å². The van der Waals surface area contributed by atoms with Gasteiger partial charge in [0, 0.05) is 22.5 Å². The van der Waals surface area contributed by atoms with E-state index in [9.17, 15) is 0 Å². The smallest absolute Gasteiger partial charge is 0.0392 e. The van der Waals surface area contributed by atoms with Crippen LogP contribution in [0.3, 0.4) is 0 Å². The summed E-state index contributed by atoms with van der Waals surface area (Å²) in [6.45, 7) is 1.92. The average Bonchev–Trinajstić information content (AvgIpc) is 1.91. The second-order valence-electron chi connectivity index (χ2n) is 1.95. The van der Waals surface area contributed by atoms with Crippen molar-refractivity contribution in [3.05, 3.63) is 0 Å². The molecule has 1 aliphatic heterocycles. The van der Waals surface area contributed by atoms with Gasteiger partial charge in [-0.25, -0.2) is 0 Å². The molecule has 1 fully saturated rings. The lowest BCUT2D eigenvalue weighted by Crippen LogP contribution is -2.09. The highest BCUT2D eigenvalue weighted by atomic mass is 32.2. The molecule has 0 aliphatic carbocycles. The van der Waals surface area contributed by atoms with Crippen molar-refractivity contribution in [1.29, 1.82) is 0 Å². The van der Waals surface area contributed by atoms with Crippen molar-refractivity contribution < 1.29 is 0 Å². The van der Waals surface area contributed by atoms with Gasteiger partial charge in [-0.3, -0.25) is 0 Å². The van der Waals surface area contributed by atoms with E-state index in [4.69, 9.17) is 0 Å². The SMILES string of the molecule is CC#CC1CSCSC1. The van der Waals surface area contributed by atoms with Gasteiger partial charge in [0.1, 0.15) is 0 Å². The zero-order valence-electron chi connectivity index (χ0n) is 5.52. The minimum Gasteiger partial charge on any atom is -0.150 e. The molecule has 0 unspecified atom stereocenters. The largest absolute Gasteiger partial charge is 0.150 e. The van der Waals surface area contributed by atoms with Gasteiger partial charge in [0.2, 0.25) is 0 Å². The van der Waals surface area contributed by atoms with E-state index < -0.39 is 0 Å². The third-order valence-electron chi connectivity index (χ3n) is 1.15. The molecule has 0 aromatic heterocycles. The fourth-order valence-corrected chi connectivity index (χ4v) is 3.14. The van der Waals surface area contributed by atoms with Gasteiger partial charge in [-0.05, 0) is 6.92 Å². The van der Waals surface area contributed by atoms with Crippen LogP contribution in [-0.4, -0.2) is 16.6 Å². The van der Waals surface area contributed by atoms with Crippen LogP contribution >= 0.6 is 23.5 Å². The van der Waals surface area contributed by atoms with Crippen LogP contribution < -0.4 is 0 Å². The van der Waals surface area contributed by atoms with Gasteiger partial charge in [0.25, 0.3) is 0 Å². The minimum absolute atomic E-state index is 0.666. The second kappa shape index (κ2) is 4.14. The first-order chi connectivity index (χ1) is 4.43. The normalized spacial score (nSPS) is 20.6. The fraction of sp³-hybridized carbons (Fsp3) is 0.714.